The fraction of sp³-hybridized carbons (Fsp3) is 0.238. The average Bonchev–Trinajstić information content (AvgIpc) is 2.61. The summed E-state index contributed by atoms with van der Waals surface area (Å²) in [5.41, 5.74) is 2.68. The Morgan fingerprint density at radius 3 is 2.76 bits per heavy atom. The van der Waals surface area contributed by atoms with Gasteiger partial charge in [0.1, 0.15) is 11.6 Å². The summed E-state index contributed by atoms with van der Waals surface area (Å²) >= 11 is 0. The van der Waals surface area contributed by atoms with E-state index in [1.807, 2.05) is 25.2 Å². The maximum Gasteiger partial charge on any atom is 0.163 e. The van der Waals surface area contributed by atoms with Gasteiger partial charge in [-0.3, -0.25) is 9.78 Å². The van der Waals surface area contributed by atoms with Crippen molar-refractivity contribution in [2.75, 3.05) is 0 Å². The van der Waals surface area contributed by atoms with E-state index in [-0.39, 0.29) is 12.2 Å². The van der Waals surface area contributed by atoms with Crippen LogP contribution in [-0.4, -0.2) is 10.8 Å². The van der Waals surface area contributed by atoms with Crippen molar-refractivity contribution >= 4 is 5.78 Å². The molecule has 1 heterocycles. The Bertz CT molecular complexity index is 855. The highest BCUT2D eigenvalue weighted by molar-refractivity contribution is 5.96. The van der Waals surface area contributed by atoms with Crippen LogP contribution in [0.5, 0.6) is 0 Å². The monoisotopic (exact) mass is 339 g/mol. The van der Waals surface area contributed by atoms with E-state index in [0.717, 1.165) is 30.2 Å². The SMILES string of the molecule is Cc1cc(C(=O)CC(C2=CC=CCC2)c2ccc(F)cc2F)ccn1. The number of rotatable bonds is 5. The normalized spacial score (nSPS) is 14.9. The molecule has 1 aliphatic carbocycles. The largest absolute Gasteiger partial charge is 0.294 e. The predicted molar refractivity (Wildman–Crippen MR) is 93.5 cm³/mol. The molecule has 25 heavy (non-hydrogen) atoms. The van der Waals surface area contributed by atoms with Crippen LogP contribution in [0.2, 0.25) is 0 Å². The van der Waals surface area contributed by atoms with E-state index in [1.54, 1.807) is 18.3 Å². The number of Topliss-reactive ketones (excluding diaryl/α,β-unsaturated/α-hetero) is 1. The third-order valence-electron chi connectivity index (χ3n) is 4.44. The number of benzene rings is 1. The van der Waals surface area contributed by atoms with Crippen molar-refractivity contribution in [3.63, 3.8) is 0 Å². The first-order valence-electron chi connectivity index (χ1n) is 8.31. The van der Waals surface area contributed by atoms with Gasteiger partial charge in [0, 0.05) is 35.9 Å². The fourth-order valence-electron chi connectivity index (χ4n) is 3.16. The molecule has 128 valence electrons. The van der Waals surface area contributed by atoms with E-state index in [4.69, 9.17) is 0 Å². The first-order valence-corrected chi connectivity index (χ1v) is 8.31. The van der Waals surface area contributed by atoms with Crippen molar-refractivity contribution in [3.05, 3.63) is 88.8 Å². The van der Waals surface area contributed by atoms with Crippen molar-refractivity contribution < 1.29 is 13.6 Å². The molecule has 1 atom stereocenters. The maximum absolute atomic E-state index is 14.4. The van der Waals surface area contributed by atoms with Gasteiger partial charge < -0.3 is 0 Å². The molecule has 3 rings (SSSR count). The summed E-state index contributed by atoms with van der Waals surface area (Å²) in [4.78, 5) is 16.8. The summed E-state index contributed by atoms with van der Waals surface area (Å²) in [6, 6.07) is 6.96. The van der Waals surface area contributed by atoms with Crippen molar-refractivity contribution in [1.29, 1.82) is 0 Å². The molecule has 0 amide bonds. The van der Waals surface area contributed by atoms with E-state index in [0.29, 0.717) is 11.1 Å². The van der Waals surface area contributed by atoms with Crippen LogP contribution in [0.3, 0.4) is 0 Å². The van der Waals surface area contributed by atoms with Crippen LogP contribution in [-0.2, 0) is 0 Å². The zero-order chi connectivity index (χ0) is 17.8. The number of pyridine rings is 1. The van der Waals surface area contributed by atoms with Gasteiger partial charge in [0.05, 0.1) is 0 Å². The maximum atomic E-state index is 14.4. The van der Waals surface area contributed by atoms with Crippen molar-refractivity contribution in [2.24, 2.45) is 0 Å². The Kier molecular flexibility index (Phi) is 5.17. The molecule has 0 N–H and O–H groups in total. The van der Waals surface area contributed by atoms with Crippen molar-refractivity contribution in [3.8, 4) is 0 Å². The van der Waals surface area contributed by atoms with Gasteiger partial charge in [-0.05, 0) is 43.5 Å². The van der Waals surface area contributed by atoms with Gasteiger partial charge >= 0.3 is 0 Å². The summed E-state index contributed by atoms with van der Waals surface area (Å²) in [5.74, 6) is -1.70. The second-order valence-electron chi connectivity index (χ2n) is 6.24. The second-order valence-corrected chi connectivity index (χ2v) is 6.24. The van der Waals surface area contributed by atoms with Crippen LogP contribution >= 0.6 is 0 Å². The molecular weight excluding hydrogens is 320 g/mol. The lowest BCUT2D eigenvalue weighted by molar-refractivity contribution is 0.0976. The molecule has 2 nitrogen and oxygen atoms in total. The number of ketones is 1. The molecule has 2 aromatic rings. The van der Waals surface area contributed by atoms with E-state index >= 15 is 0 Å². The Balaban J connectivity index is 1.95. The van der Waals surface area contributed by atoms with Gasteiger partial charge in [0.15, 0.2) is 5.78 Å². The van der Waals surface area contributed by atoms with Gasteiger partial charge in [-0.15, -0.1) is 0 Å². The number of halogens is 2. The van der Waals surface area contributed by atoms with Crippen molar-refractivity contribution in [2.45, 2.75) is 32.1 Å². The molecule has 0 saturated heterocycles. The molecule has 0 saturated carbocycles. The second kappa shape index (κ2) is 7.51. The quantitative estimate of drug-likeness (QED) is 0.692. The summed E-state index contributed by atoms with van der Waals surface area (Å²) in [6.07, 6.45) is 9.25. The van der Waals surface area contributed by atoms with Crippen LogP contribution in [0.4, 0.5) is 8.78 Å². The molecule has 0 radical (unpaired) electrons. The van der Waals surface area contributed by atoms with Crippen LogP contribution in [0.15, 0.2) is 60.3 Å². The van der Waals surface area contributed by atoms with Crippen LogP contribution in [0.25, 0.3) is 0 Å². The molecule has 0 spiro atoms. The predicted octanol–water partition coefficient (Wildman–Crippen LogP) is 5.30. The lowest BCUT2D eigenvalue weighted by atomic mass is 9.82. The summed E-state index contributed by atoms with van der Waals surface area (Å²) in [5, 5.41) is 0. The average molecular weight is 339 g/mol. The lowest BCUT2D eigenvalue weighted by Gasteiger charge is -2.22. The zero-order valence-electron chi connectivity index (χ0n) is 14.0. The number of carbonyl (C=O) groups excluding carboxylic acids is 1. The Morgan fingerprint density at radius 2 is 2.08 bits per heavy atom. The molecule has 4 heteroatoms. The molecule has 1 aromatic heterocycles. The summed E-state index contributed by atoms with van der Waals surface area (Å²) < 4.78 is 27.7. The smallest absolute Gasteiger partial charge is 0.163 e. The minimum Gasteiger partial charge on any atom is -0.294 e. The highest BCUT2D eigenvalue weighted by atomic mass is 19.1. The van der Waals surface area contributed by atoms with Gasteiger partial charge in [-0.1, -0.05) is 29.9 Å². The van der Waals surface area contributed by atoms with E-state index in [1.165, 1.54) is 12.1 Å². The minimum atomic E-state index is -0.617. The molecule has 1 aliphatic rings. The topological polar surface area (TPSA) is 30.0 Å². The van der Waals surface area contributed by atoms with Gasteiger partial charge in [-0.2, -0.15) is 0 Å². The third kappa shape index (κ3) is 4.08. The lowest BCUT2D eigenvalue weighted by Crippen LogP contribution is -2.13. The van der Waals surface area contributed by atoms with E-state index in [2.05, 4.69) is 4.98 Å². The number of allylic oxidation sites excluding steroid dienone is 4. The fourth-order valence-corrected chi connectivity index (χ4v) is 3.16. The van der Waals surface area contributed by atoms with Gasteiger partial charge in [0.2, 0.25) is 0 Å². The number of aromatic nitrogens is 1. The summed E-state index contributed by atoms with van der Waals surface area (Å²) in [7, 11) is 0. The zero-order valence-corrected chi connectivity index (χ0v) is 14.0. The Hall–Kier alpha value is -2.62. The number of carbonyl (C=O) groups is 1. The first-order chi connectivity index (χ1) is 12.0. The number of hydrogen-bond donors (Lipinski definition) is 0. The molecular formula is C21H19F2NO. The van der Waals surface area contributed by atoms with Crippen LogP contribution in [0.1, 0.15) is 46.8 Å². The number of nitrogens with zero attached hydrogens (tertiary/aromatic N) is 1. The molecule has 1 aromatic carbocycles. The standard InChI is InChI=1S/C21H19F2NO/c1-14-11-16(9-10-24-14)21(25)13-19(15-5-3-2-4-6-15)18-8-7-17(22)12-20(18)23/h2-3,5,7-12,19H,4,6,13H2,1H3. The van der Waals surface area contributed by atoms with Gasteiger partial charge in [0.25, 0.3) is 0 Å². The van der Waals surface area contributed by atoms with E-state index < -0.39 is 17.6 Å². The third-order valence-corrected chi connectivity index (χ3v) is 4.44. The van der Waals surface area contributed by atoms with Crippen LogP contribution in [0, 0.1) is 18.6 Å². The summed E-state index contributed by atoms with van der Waals surface area (Å²) in [6.45, 7) is 1.82. The van der Waals surface area contributed by atoms with Crippen LogP contribution < -0.4 is 0 Å². The Morgan fingerprint density at radius 1 is 1.24 bits per heavy atom. The highest BCUT2D eigenvalue weighted by Gasteiger charge is 2.24. The molecule has 0 fully saturated rings. The number of hydrogen-bond acceptors (Lipinski definition) is 2. The van der Waals surface area contributed by atoms with E-state index in [9.17, 15) is 13.6 Å². The molecule has 0 aliphatic heterocycles. The first kappa shape index (κ1) is 17.2. The highest BCUT2D eigenvalue weighted by Crippen LogP contribution is 2.35. The Labute approximate surface area is 145 Å². The minimum absolute atomic E-state index is 0.0744. The molecule has 0 bridgehead atoms. The van der Waals surface area contributed by atoms with Crippen molar-refractivity contribution in [1.82, 2.24) is 4.98 Å². The van der Waals surface area contributed by atoms with Gasteiger partial charge in [-0.25, -0.2) is 8.78 Å². The molecule has 1 unspecified atom stereocenters. The number of aryl methyl sites for hydroxylation is 1.